The van der Waals surface area contributed by atoms with Gasteiger partial charge in [-0.15, -0.1) is 0 Å². The molecule has 0 atom stereocenters. The first-order chi connectivity index (χ1) is 8.99. The van der Waals surface area contributed by atoms with E-state index in [-0.39, 0.29) is 17.0 Å². The lowest BCUT2D eigenvalue weighted by Gasteiger charge is -2.11. The van der Waals surface area contributed by atoms with Gasteiger partial charge < -0.3 is 15.2 Å². The van der Waals surface area contributed by atoms with Gasteiger partial charge in [-0.05, 0) is 38.6 Å². The van der Waals surface area contributed by atoms with Gasteiger partial charge in [0.05, 0.1) is 0 Å². The Morgan fingerprint density at radius 1 is 1.32 bits per heavy atom. The van der Waals surface area contributed by atoms with E-state index in [9.17, 15) is 9.59 Å². The molecule has 0 aliphatic carbocycles. The van der Waals surface area contributed by atoms with Crippen molar-refractivity contribution in [2.24, 2.45) is 0 Å². The third-order valence-corrected chi connectivity index (χ3v) is 3.04. The van der Waals surface area contributed by atoms with E-state index in [1.165, 1.54) is 0 Å². The van der Waals surface area contributed by atoms with Crippen LogP contribution in [-0.4, -0.2) is 43.0 Å². The van der Waals surface area contributed by atoms with Gasteiger partial charge in [-0.3, -0.25) is 9.59 Å². The molecule has 0 radical (unpaired) electrons. The minimum absolute atomic E-state index is 0.202. The number of H-pyrrole nitrogens is 1. The molecule has 19 heavy (non-hydrogen) atoms. The number of hydrogen-bond donors (Lipinski definition) is 2. The summed E-state index contributed by atoms with van der Waals surface area (Å²) in [5.41, 5.74) is 1.83. The van der Waals surface area contributed by atoms with Gasteiger partial charge in [0.2, 0.25) is 0 Å². The van der Waals surface area contributed by atoms with E-state index in [4.69, 9.17) is 0 Å². The first-order valence-corrected chi connectivity index (χ1v) is 6.67. The third-order valence-electron chi connectivity index (χ3n) is 3.04. The maximum absolute atomic E-state index is 12.0. The first-order valence-electron chi connectivity index (χ1n) is 6.67. The second-order valence-corrected chi connectivity index (χ2v) is 4.78. The zero-order chi connectivity index (χ0) is 14.4. The molecule has 1 aromatic heterocycles. The lowest BCUT2D eigenvalue weighted by Crippen LogP contribution is -2.34. The highest BCUT2D eigenvalue weighted by Gasteiger charge is 2.13. The molecule has 5 heteroatoms. The fourth-order valence-corrected chi connectivity index (χ4v) is 1.90. The Bertz CT molecular complexity index is 492. The zero-order valence-electron chi connectivity index (χ0n) is 12.2. The van der Waals surface area contributed by atoms with Crippen molar-refractivity contribution in [2.75, 3.05) is 27.2 Å². The molecule has 0 bridgehead atoms. The van der Waals surface area contributed by atoms with Crippen molar-refractivity contribution < 1.29 is 4.79 Å². The van der Waals surface area contributed by atoms with Crippen molar-refractivity contribution in [2.45, 2.75) is 26.7 Å². The maximum atomic E-state index is 12.0. The van der Waals surface area contributed by atoms with Gasteiger partial charge in [0.1, 0.15) is 5.56 Å². The summed E-state index contributed by atoms with van der Waals surface area (Å²) in [4.78, 5) is 28.6. The molecule has 0 spiro atoms. The summed E-state index contributed by atoms with van der Waals surface area (Å²) in [5.74, 6) is -0.305. The van der Waals surface area contributed by atoms with Crippen LogP contribution < -0.4 is 10.9 Å². The third kappa shape index (κ3) is 4.21. The van der Waals surface area contributed by atoms with Gasteiger partial charge >= 0.3 is 0 Å². The number of aryl methyl sites for hydroxylation is 2. The highest BCUT2D eigenvalue weighted by atomic mass is 16.2. The van der Waals surface area contributed by atoms with Gasteiger partial charge in [0, 0.05) is 18.8 Å². The number of rotatable bonds is 6. The topological polar surface area (TPSA) is 65.2 Å². The van der Waals surface area contributed by atoms with Crippen LogP contribution in [0.15, 0.2) is 10.9 Å². The molecule has 5 nitrogen and oxygen atoms in total. The first kappa shape index (κ1) is 15.4. The monoisotopic (exact) mass is 265 g/mol. The van der Waals surface area contributed by atoms with E-state index in [2.05, 4.69) is 10.3 Å². The highest BCUT2D eigenvalue weighted by Crippen LogP contribution is 2.07. The van der Waals surface area contributed by atoms with E-state index >= 15 is 0 Å². The van der Waals surface area contributed by atoms with Crippen molar-refractivity contribution >= 4 is 5.91 Å². The van der Waals surface area contributed by atoms with Crippen molar-refractivity contribution in [3.8, 4) is 0 Å². The standard InChI is InChI=1S/C14H23N3O2/c1-5-10-9-11(14(19)16-12(10)6-2)13(18)15-7-8-17(3)4/h9H,5-8H2,1-4H3,(H,15,18)(H,16,19). The minimum atomic E-state index is -0.309. The minimum Gasteiger partial charge on any atom is -0.351 e. The fraction of sp³-hybridized carbons (Fsp3) is 0.571. The summed E-state index contributed by atoms with van der Waals surface area (Å²) < 4.78 is 0. The molecule has 0 saturated heterocycles. The Kier molecular flexibility index (Phi) is 5.76. The van der Waals surface area contributed by atoms with Crippen LogP contribution >= 0.6 is 0 Å². The van der Waals surface area contributed by atoms with E-state index in [1.54, 1.807) is 6.07 Å². The Hall–Kier alpha value is -1.62. The number of amides is 1. The van der Waals surface area contributed by atoms with Gasteiger partial charge in [0.25, 0.3) is 11.5 Å². The molecule has 1 aromatic rings. The summed E-state index contributed by atoms with van der Waals surface area (Å²) in [6.07, 6.45) is 1.57. The Morgan fingerprint density at radius 2 is 2.00 bits per heavy atom. The van der Waals surface area contributed by atoms with E-state index in [0.29, 0.717) is 6.54 Å². The maximum Gasteiger partial charge on any atom is 0.261 e. The molecule has 0 aliphatic rings. The second-order valence-electron chi connectivity index (χ2n) is 4.78. The van der Waals surface area contributed by atoms with Crippen LogP contribution in [0, 0.1) is 0 Å². The van der Waals surface area contributed by atoms with Gasteiger partial charge in [0.15, 0.2) is 0 Å². The summed E-state index contributed by atoms with van der Waals surface area (Å²) in [6.45, 7) is 5.28. The smallest absolute Gasteiger partial charge is 0.261 e. The van der Waals surface area contributed by atoms with Gasteiger partial charge in [-0.25, -0.2) is 0 Å². The Balaban J connectivity index is 2.88. The Morgan fingerprint density at radius 3 is 2.53 bits per heavy atom. The molecule has 1 rings (SSSR count). The Labute approximate surface area is 114 Å². The van der Waals surface area contributed by atoms with E-state index in [1.807, 2.05) is 32.8 Å². The number of nitrogens with one attached hydrogen (secondary N) is 2. The number of carbonyl (C=O) groups is 1. The number of pyridine rings is 1. The van der Waals surface area contributed by atoms with Crippen LogP contribution in [0.2, 0.25) is 0 Å². The largest absolute Gasteiger partial charge is 0.351 e. The number of likely N-dealkylation sites (N-methyl/N-ethyl adjacent to an activating group) is 1. The molecule has 0 aliphatic heterocycles. The number of carbonyl (C=O) groups excluding carboxylic acids is 1. The molecule has 0 saturated carbocycles. The van der Waals surface area contributed by atoms with Crippen LogP contribution in [0.4, 0.5) is 0 Å². The molecular formula is C14H23N3O2. The molecule has 1 heterocycles. The number of hydrogen-bond acceptors (Lipinski definition) is 3. The average Bonchev–Trinajstić information content (AvgIpc) is 2.37. The molecule has 1 amide bonds. The number of nitrogens with zero attached hydrogens (tertiary/aromatic N) is 1. The van der Waals surface area contributed by atoms with E-state index in [0.717, 1.165) is 30.6 Å². The molecular weight excluding hydrogens is 242 g/mol. The van der Waals surface area contributed by atoms with Crippen LogP contribution in [0.3, 0.4) is 0 Å². The SMILES string of the molecule is CCc1cc(C(=O)NCCN(C)C)c(=O)[nH]c1CC. The van der Waals surface area contributed by atoms with Crippen molar-refractivity contribution in [1.82, 2.24) is 15.2 Å². The molecule has 0 unspecified atom stereocenters. The summed E-state index contributed by atoms with van der Waals surface area (Å²) in [7, 11) is 3.87. The quantitative estimate of drug-likeness (QED) is 0.799. The van der Waals surface area contributed by atoms with Crippen LogP contribution in [0.1, 0.15) is 35.5 Å². The van der Waals surface area contributed by atoms with Gasteiger partial charge in [-0.2, -0.15) is 0 Å². The van der Waals surface area contributed by atoms with Gasteiger partial charge in [-0.1, -0.05) is 13.8 Å². The van der Waals surface area contributed by atoms with Crippen LogP contribution in [0.25, 0.3) is 0 Å². The van der Waals surface area contributed by atoms with Crippen LogP contribution in [0.5, 0.6) is 0 Å². The number of aromatic nitrogens is 1. The average molecular weight is 265 g/mol. The summed E-state index contributed by atoms with van der Waals surface area (Å²) in [5, 5.41) is 2.76. The molecule has 2 N–H and O–H groups in total. The molecule has 0 fully saturated rings. The molecule has 0 aromatic carbocycles. The normalized spacial score (nSPS) is 10.8. The zero-order valence-corrected chi connectivity index (χ0v) is 12.2. The molecule has 106 valence electrons. The van der Waals surface area contributed by atoms with Crippen molar-refractivity contribution in [1.29, 1.82) is 0 Å². The lowest BCUT2D eigenvalue weighted by atomic mass is 10.1. The number of aromatic amines is 1. The summed E-state index contributed by atoms with van der Waals surface area (Å²) in [6, 6.07) is 1.71. The fourth-order valence-electron chi connectivity index (χ4n) is 1.90. The lowest BCUT2D eigenvalue weighted by molar-refractivity contribution is 0.0949. The predicted octanol–water partition coefficient (Wildman–Crippen LogP) is 0.791. The predicted molar refractivity (Wildman–Crippen MR) is 76.7 cm³/mol. The summed E-state index contributed by atoms with van der Waals surface area (Å²) >= 11 is 0. The van der Waals surface area contributed by atoms with Crippen molar-refractivity contribution in [3.05, 3.63) is 33.2 Å². The van der Waals surface area contributed by atoms with Crippen LogP contribution in [-0.2, 0) is 12.8 Å². The second kappa shape index (κ2) is 7.09. The van der Waals surface area contributed by atoms with E-state index < -0.39 is 0 Å². The highest BCUT2D eigenvalue weighted by molar-refractivity contribution is 5.94. The van der Waals surface area contributed by atoms with Crippen molar-refractivity contribution in [3.63, 3.8) is 0 Å².